The van der Waals surface area contributed by atoms with Crippen molar-refractivity contribution in [1.29, 1.82) is 0 Å². The van der Waals surface area contributed by atoms with Gasteiger partial charge in [-0.05, 0) is 38.0 Å². The van der Waals surface area contributed by atoms with Gasteiger partial charge in [0.25, 0.3) is 0 Å². The third-order valence-electron chi connectivity index (χ3n) is 5.55. The maximum Gasteiger partial charge on any atom is 0.245 e. The van der Waals surface area contributed by atoms with E-state index in [0.717, 1.165) is 11.3 Å². The fourth-order valence-corrected chi connectivity index (χ4v) is 3.79. The summed E-state index contributed by atoms with van der Waals surface area (Å²) in [5.74, 6) is 0.183. The van der Waals surface area contributed by atoms with E-state index in [-0.39, 0.29) is 29.8 Å². The van der Waals surface area contributed by atoms with Gasteiger partial charge in [0.1, 0.15) is 12.4 Å². The van der Waals surface area contributed by atoms with Crippen molar-refractivity contribution in [2.75, 3.05) is 11.9 Å². The second-order valence-corrected chi connectivity index (χ2v) is 10.1. The van der Waals surface area contributed by atoms with Gasteiger partial charge in [0.05, 0.1) is 16.4 Å². The number of aryl methyl sites for hydroxylation is 1. The number of rotatable bonds is 8. The van der Waals surface area contributed by atoms with Crippen LogP contribution in [0.4, 0.5) is 5.82 Å². The van der Waals surface area contributed by atoms with E-state index in [4.69, 9.17) is 16.7 Å². The molecule has 0 radical (unpaired) electrons. The molecule has 0 atom stereocenters. The predicted octanol–water partition coefficient (Wildman–Crippen LogP) is 5.63. The average molecular weight is 481 g/mol. The molecule has 2 amide bonds. The first-order chi connectivity index (χ1) is 16.1. The van der Waals surface area contributed by atoms with Gasteiger partial charge in [-0.1, -0.05) is 74.8 Å². The summed E-state index contributed by atoms with van der Waals surface area (Å²) in [7, 11) is 0. The number of anilines is 1. The zero-order valence-corrected chi connectivity index (χ0v) is 21.3. The second kappa shape index (κ2) is 10.9. The van der Waals surface area contributed by atoms with Gasteiger partial charge in [0, 0.05) is 23.9 Å². The van der Waals surface area contributed by atoms with Gasteiger partial charge in [-0.25, -0.2) is 4.68 Å². The van der Waals surface area contributed by atoms with Crippen molar-refractivity contribution < 1.29 is 9.59 Å². The number of para-hydroxylation sites is 1. The van der Waals surface area contributed by atoms with E-state index >= 15 is 0 Å². The molecule has 1 N–H and O–H groups in total. The monoisotopic (exact) mass is 480 g/mol. The van der Waals surface area contributed by atoms with E-state index in [9.17, 15) is 9.59 Å². The van der Waals surface area contributed by atoms with Crippen LogP contribution in [0.15, 0.2) is 60.7 Å². The normalized spacial score (nSPS) is 11.5. The number of carbonyl (C=O) groups excluding carboxylic acids is 2. The molecule has 3 aromatic rings. The molecule has 3 rings (SSSR count). The van der Waals surface area contributed by atoms with Crippen molar-refractivity contribution in [1.82, 2.24) is 14.7 Å². The van der Waals surface area contributed by atoms with Crippen LogP contribution in [0.1, 0.15) is 52.3 Å². The summed E-state index contributed by atoms with van der Waals surface area (Å²) >= 11 is 6.42. The molecule has 1 heterocycles. The van der Waals surface area contributed by atoms with Crippen LogP contribution in [0.25, 0.3) is 5.69 Å². The number of hydrogen-bond donors (Lipinski definition) is 1. The van der Waals surface area contributed by atoms with Gasteiger partial charge >= 0.3 is 0 Å². The highest BCUT2D eigenvalue weighted by molar-refractivity contribution is 6.32. The van der Waals surface area contributed by atoms with E-state index in [1.54, 1.807) is 15.6 Å². The molecular formula is C27H33ClN4O2. The molecule has 0 fully saturated rings. The van der Waals surface area contributed by atoms with E-state index in [2.05, 4.69) is 26.1 Å². The van der Waals surface area contributed by atoms with Crippen LogP contribution in [-0.4, -0.2) is 39.1 Å². The van der Waals surface area contributed by atoms with E-state index < -0.39 is 0 Å². The van der Waals surface area contributed by atoms with Crippen molar-refractivity contribution in [2.24, 2.45) is 0 Å². The summed E-state index contributed by atoms with van der Waals surface area (Å²) in [6.07, 6.45) is 0.986. The van der Waals surface area contributed by atoms with Gasteiger partial charge in [-0.15, -0.1) is 0 Å². The fraction of sp³-hybridized carbons (Fsp3) is 0.370. The number of nitrogens with zero attached hydrogens (tertiary/aromatic N) is 3. The number of benzene rings is 2. The van der Waals surface area contributed by atoms with E-state index in [1.165, 1.54) is 0 Å². The number of hydrogen-bond acceptors (Lipinski definition) is 3. The van der Waals surface area contributed by atoms with E-state index in [0.29, 0.717) is 29.4 Å². The minimum Gasteiger partial charge on any atom is -0.331 e. The molecule has 0 aliphatic rings. The van der Waals surface area contributed by atoms with Crippen LogP contribution in [0.2, 0.25) is 5.02 Å². The Hall–Kier alpha value is -3.12. The number of carbonyl (C=O) groups is 2. The first kappa shape index (κ1) is 25.5. The lowest BCUT2D eigenvalue weighted by atomic mass is 9.92. The molecule has 6 nitrogen and oxygen atoms in total. The molecule has 34 heavy (non-hydrogen) atoms. The highest BCUT2D eigenvalue weighted by atomic mass is 35.5. The molecule has 0 unspecified atom stereocenters. The lowest BCUT2D eigenvalue weighted by Crippen LogP contribution is -2.42. The smallest absolute Gasteiger partial charge is 0.245 e. The Bertz CT molecular complexity index is 1130. The van der Waals surface area contributed by atoms with Crippen LogP contribution in [-0.2, 0) is 21.4 Å². The number of nitrogens with one attached hydrogen (secondary N) is 1. The highest BCUT2D eigenvalue weighted by Gasteiger charge is 2.24. The number of amides is 2. The SMILES string of the molecule is CC(C)N(CC(=O)Nc1cc(C(C)(C)C)nn1-c1ccccc1Cl)C(=O)CCc1ccccc1. The quantitative estimate of drug-likeness (QED) is 0.454. The molecule has 180 valence electrons. The van der Waals surface area contributed by atoms with E-state index in [1.807, 2.05) is 68.4 Å². The maximum atomic E-state index is 13.1. The van der Waals surface area contributed by atoms with Gasteiger partial charge < -0.3 is 10.2 Å². The van der Waals surface area contributed by atoms with Crippen molar-refractivity contribution in [3.05, 3.63) is 76.9 Å². The summed E-state index contributed by atoms with van der Waals surface area (Å²) in [6.45, 7) is 9.97. The average Bonchev–Trinajstić information content (AvgIpc) is 3.20. The Morgan fingerprint density at radius 1 is 1.06 bits per heavy atom. The molecular weight excluding hydrogens is 448 g/mol. The van der Waals surface area contributed by atoms with Crippen LogP contribution >= 0.6 is 11.6 Å². The van der Waals surface area contributed by atoms with Gasteiger partial charge in [0.2, 0.25) is 11.8 Å². The second-order valence-electron chi connectivity index (χ2n) is 9.68. The van der Waals surface area contributed by atoms with Crippen LogP contribution < -0.4 is 5.32 Å². The van der Waals surface area contributed by atoms with Crippen LogP contribution in [0.3, 0.4) is 0 Å². The predicted molar refractivity (Wildman–Crippen MR) is 138 cm³/mol. The third kappa shape index (κ3) is 6.48. The van der Waals surface area contributed by atoms with Crippen molar-refractivity contribution >= 4 is 29.2 Å². The highest BCUT2D eigenvalue weighted by Crippen LogP contribution is 2.29. The zero-order valence-electron chi connectivity index (χ0n) is 20.5. The Balaban J connectivity index is 1.77. The zero-order chi connectivity index (χ0) is 24.9. The summed E-state index contributed by atoms with van der Waals surface area (Å²) < 4.78 is 1.65. The molecule has 0 saturated heterocycles. The Morgan fingerprint density at radius 3 is 2.32 bits per heavy atom. The van der Waals surface area contributed by atoms with Crippen LogP contribution in [0.5, 0.6) is 0 Å². The molecule has 0 saturated carbocycles. The minimum absolute atomic E-state index is 0.0379. The first-order valence-electron chi connectivity index (χ1n) is 11.5. The van der Waals surface area contributed by atoms with Gasteiger partial charge in [0.15, 0.2) is 0 Å². The van der Waals surface area contributed by atoms with Gasteiger partial charge in [-0.2, -0.15) is 5.10 Å². The molecule has 0 spiro atoms. The maximum absolute atomic E-state index is 13.1. The summed E-state index contributed by atoms with van der Waals surface area (Å²) in [5.41, 5.74) is 2.38. The number of halogens is 1. The topological polar surface area (TPSA) is 67.2 Å². The van der Waals surface area contributed by atoms with Crippen molar-refractivity contribution in [3.63, 3.8) is 0 Å². The largest absolute Gasteiger partial charge is 0.331 e. The molecule has 2 aromatic carbocycles. The molecule has 0 aliphatic heterocycles. The minimum atomic E-state index is -0.282. The lowest BCUT2D eigenvalue weighted by molar-refractivity contribution is -0.136. The van der Waals surface area contributed by atoms with Crippen molar-refractivity contribution in [2.45, 2.75) is 58.9 Å². The molecule has 0 bridgehead atoms. The van der Waals surface area contributed by atoms with Crippen molar-refractivity contribution in [3.8, 4) is 5.69 Å². The van der Waals surface area contributed by atoms with Crippen LogP contribution in [0, 0.1) is 0 Å². The van der Waals surface area contributed by atoms with Gasteiger partial charge in [-0.3, -0.25) is 9.59 Å². The summed E-state index contributed by atoms with van der Waals surface area (Å²) in [6, 6.07) is 19.0. The lowest BCUT2D eigenvalue weighted by Gasteiger charge is -2.26. The Kier molecular flexibility index (Phi) is 8.15. The molecule has 7 heteroatoms. The Labute approximate surface area is 206 Å². The molecule has 0 aliphatic carbocycles. The summed E-state index contributed by atoms with van der Waals surface area (Å²) in [4.78, 5) is 27.6. The Morgan fingerprint density at radius 2 is 1.71 bits per heavy atom. The first-order valence-corrected chi connectivity index (χ1v) is 11.9. The number of aromatic nitrogens is 2. The third-order valence-corrected chi connectivity index (χ3v) is 5.87. The fourth-order valence-electron chi connectivity index (χ4n) is 3.58. The standard InChI is InChI=1S/C27H33ClN4O2/c1-19(2)31(26(34)16-15-20-11-7-6-8-12-20)18-25(33)29-24-17-23(27(3,4)5)30-32(24)22-14-10-9-13-21(22)28/h6-14,17,19H,15-16,18H2,1-5H3,(H,29,33). The summed E-state index contributed by atoms with van der Waals surface area (Å²) in [5, 5.41) is 8.20. The molecule has 1 aromatic heterocycles.